The lowest BCUT2D eigenvalue weighted by molar-refractivity contribution is 0.0707. The molecule has 0 aromatic carbocycles. The summed E-state index contributed by atoms with van der Waals surface area (Å²) in [5.41, 5.74) is 0. The topological polar surface area (TPSA) is 43.4 Å². The van der Waals surface area contributed by atoms with Crippen LogP contribution in [0.4, 0.5) is 0 Å². The van der Waals surface area contributed by atoms with E-state index in [0.717, 1.165) is 12.8 Å². The molecule has 5 heteroatoms. The Hall–Kier alpha value is 0.200. The maximum Gasteiger partial charge on any atom is 0.238 e. The van der Waals surface area contributed by atoms with Gasteiger partial charge in [0.1, 0.15) is 5.25 Å². The van der Waals surface area contributed by atoms with Crippen molar-refractivity contribution >= 4 is 19.7 Å². The molecule has 1 aliphatic carbocycles. The molecule has 0 heterocycles. The quantitative estimate of drug-likeness (QED) is 0.667. The average molecular weight is 213 g/mol. The molecule has 1 aliphatic rings. The molecule has 0 radical (unpaired) electrons. The fourth-order valence-corrected chi connectivity index (χ4v) is 3.26. The Morgan fingerprint density at radius 1 is 1.50 bits per heavy atom. The van der Waals surface area contributed by atoms with E-state index in [2.05, 4.69) is 0 Å². The zero-order valence-electron chi connectivity index (χ0n) is 6.99. The Balaban J connectivity index is 2.64. The van der Waals surface area contributed by atoms with E-state index in [1.165, 1.54) is 0 Å². The van der Waals surface area contributed by atoms with Crippen molar-refractivity contribution < 1.29 is 13.2 Å². The Labute approximate surface area is 77.5 Å². The van der Waals surface area contributed by atoms with Crippen LogP contribution in [0.1, 0.15) is 26.2 Å². The van der Waals surface area contributed by atoms with Crippen LogP contribution in [0.5, 0.6) is 0 Å². The highest BCUT2D eigenvalue weighted by Crippen LogP contribution is 2.29. The summed E-state index contributed by atoms with van der Waals surface area (Å²) in [6, 6.07) is 0. The van der Waals surface area contributed by atoms with Crippen LogP contribution in [0.25, 0.3) is 0 Å². The summed E-state index contributed by atoms with van der Waals surface area (Å²) < 4.78 is 27.3. The van der Waals surface area contributed by atoms with Crippen molar-refractivity contribution in [2.45, 2.75) is 37.5 Å². The molecule has 12 heavy (non-hydrogen) atoms. The SMILES string of the molecule is CCO[C@H]1CCC[C@H]1S(=O)(=O)Cl. The molecule has 2 atom stereocenters. The molecule has 0 aliphatic heterocycles. The van der Waals surface area contributed by atoms with Crippen molar-refractivity contribution in [3.63, 3.8) is 0 Å². The fourth-order valence-electron chi connectivity index (χ4n) is 1.62. The second kappa shape index (κ2) is 3.94. The van der Waals surface area contributed by atoms with Crippen LogP contribution in [-0.2, 0) is 13.8 Å². The van der Waals surface area contributed by atoms with Crippen LogP contribution in [0.3, 0.4) is 0 Å². The van der Waals surface area contributed by atoms with E-state index in [-0.39, 0.29) is 6.10 Å². The monoisotopic (exact) mass is 212 g/mol. The first kappa shape index (κ1) is 10.3. The van der Waals surface area contributed by atoms with Crippen LogP contribution < -0.4 is 0 Å². The van der Waals surface area contributed by atoms with E-state index in [1.54, 1.807) is 0 Å². The summed E-state index contributed by atoms with van der Waals surface area (Å²) >= 11 is 0. The number of rotatable bonds is 3. The molecule has 1 saturated carbocycles. The van der Waals surface area contributed by atoms with Crippen LogP contribution >= 0.6 is 10.7 Å². The van der Waals surface area contributed by atoms with Crippen molar-refractivity contribution in [2.75, 3.05) is 6.61 Å². The second-order valence-electron chi connectivity index (χ2n) is 2.94. The first-order valence-electron chi connectivity index (χ1n) is 4.10. The van der Waals surface area contributed by atoms with Crippen molar-refractivity contribution in [3.8, 4) is 0 Å². The fraction of sp³-hybridized carbons (Fsp3) is 1.00. The maximum absolute atomic E-state index is 11.0. The number of halogens is 1. The van der Waals surface area contributed by atoms with Gasteiger partial charge in [-0.3, -0.25) is 0 Å². The highest BCUT2D eigenvalue weighted by Gasteiger charge is 2.36. The first-order valence-corrected chi connectivity index (χ1v) is 6.48. The molecule has 0 spiro atoms. The lowest BCUT2D eigenvalue weighted by Crippen LogP contribution is -2.28. The molecular formula is C7H13ClO3S. The molecule has 1 fully saturated rings. The largest absolute Gasteiger partial charge is 0.377 e. The normalized spacial score (nSPS) is 30.8. The van der Waals surface area contributed by atoms with Gasteiger partial charge in [-0.05, 0) is 26.2 Å². The van der Waals surface area contributed by atoms with Gasteiger partial charge in [0.15, 0.2) is 0 Å². The van der Waals surface area contributed by atoms with Crippen LogP contribution in [0.2, 0.25) is 0 Å². The molecule has 0 aromatic rings. The number of hydrogen-bond acceptors (Lipinski definition) is 3. The summed E-state index contributed by atoms with van der Waals surface area (Å²) in [7, 11) is 1.84. The first-order chi connectivity index (χ1) is 5.55. The summed E-state index contributed by atoms with van der Waals surface area (Å²) in [6.45, 7) is 2.41. The smallest absolute Gasteiger partial charge is 0.238 e. The molecule has 72 valence electrons. The van der Waals surface area contributed by atoms with Crippen LogP contribution in [0, 0.1) is 0 Å². The molecule has 3 nitrogen and oxygen atoms in total. The predicted octanol–water partition coefficient (Wildman–Crippen LogP) is 1.51. The molecule has 0 amide bonds. The minimum absolute atomic E-state index is 0.183. The van der Waals surface area contributed by atoms with Gasteiger partial charge >= 0.3 is 0 Å². The van der Waals surface area contributed by atoms with Crippen molar-refractivity contribution in [1.82, 2.24) is 0 Å². The summed E-state index contributed by atoms with van der Waals surface area (Å²) in [6.07, 6.45) is 2.15. The third-order valence-corrected chi connectivity index (χ3v) is 4.08. The van der Waals surface area contributed by atoms with Gasteiger partial charge < -0.3 is 4.74 Å². The lowest BCUT2D eigenvalue weighted by Gasteiger charge is -2.15. The van der Waals surface area contributed by atoms with E-state index in [9.17, 15) is 8.42 Å². The molecule has 0 N–H and O–H groups in total. The van der Waals surface area contributed by atoms with Gasteiger partial charge in [-0.15, -0.1) is 0 Å². The van der Waals surface area contributed by atoms with Gasteiger partial charge in [-0.2, -0.15) is 0 Å². The van der Waals surface area contributed by atoms with Gasteiger partial charge in [0.05, 0.1) is 6.10 Å². The van der Waals surface area contributed by atoms with Gasteiger partial charge in [0, 0.05) is 17.3 Å². The zero-order chi connectivity index (χ0) is 9.19. The third-order valence-electron chi connectivity index (χ3n) is 2.13. The molecule has 0 aromatic heterocycles. The summed E-state index contributed by atoms with van der Waals surface area (Å²) in [5.74, 6) is 0. The van der Waals surface area contributed by atoms with E-state index < -0.39 is 14.3 Å². The van der Waals surface area contributed by atoms with Gasteiger partial charge in [0.2, 0.25) is 9.05 Å². The van der Waals surface area contributed by atoms with Crippen LogP contribution in [-0.4, -0.2) is 26.4 Å². The van der Waals surface area contributed by atoms with Crippen molar-refractivity contribution in [1.29, 1.82) is 0 Å². The zero-order valence-corrected chi connectivity index (χ0v) is 8.57. The second-order valence-corrected chi connectivity index (χ2v) is 5.79. The molecule has 0 unspecified atom stereocenters. The van der Waals surface area contributed by atoms with Crippen molar-refractivity contribution in [3.05, 3.63) is 0 Å². The molecule has 0 saturated heterocycles. The minimum atomic E-state index is -3.43. The van der Waals surface area contributed by atoms with E-state index >= 15 is 0 Å². The van der Waals surface area contributed by atoms with Crippen LogP contribution in [0.15, 0.2) is 0 Å². The molecular weight excluding hydrogens is 200 g/mol. The highest BCUT2D eigenvalue weighted by atomic mass is 35.7. The predicted molar refractivity (Wildman–Crippen MR) is 47.8 cm³/mol. The standard InChI is InChI=1S/C7H13ClO3S/c1-2-11-6-4-3-5-7(6)12(8,9)10/h6-7H,2-5H2,1H3/t6-,7+/m0/s1. The average Bonchev–Trinajstić information content (AvgIpc) is 2.34. The van der Waals surface area contributed by atoms with Crippen molar-refractivity contribution in [2.24, 2.45) is 0 Å². The maximum atomic E-state index is 11.0. The van der Waals surface area contributed by atoms with E-state index in [1.807, 2.05) is 6.92 Å². The molecule has 1 rings (SSSR count). The number of ether oxygens (including phenoxy) is 1. The lowest BCUT2D eigenvalue weighted by atomic mass is 10.3. The van der Waals surface area contributed by atoms with Gasteiger partial charge in [0.25, 0.3) is 0 Å². The molecule has 0 bridgehead atoms. The number of hydrogen-bond donors (Lipinski definition) is 0. The Kier molecular flexibility index (Phi) is 3.37. The van der Waals surface area contributed by atoms with Gasteiger partial charge in [-0.1, -0.05) is 0 Å². The minimum Gasteiger partial charge on any atom is -0.377 e. The Bertz CT molecular complexity index is 237. The Morgan fingerprint density at radius 3 is 2.67 bits per heavy atom. The third kappa shape index (κ3) is 2.34. The Morgan fingerprint density at radius 2 is 2.17 bits per heavy atom. The van der Waals surface area contributed by atoms with E-state index in [4.69, 9.17) is 15.4 Å². The summed E-state index contributed by atoms with van der Waals surface area (Å²) in [5, 5.41) is -0.487. The summed E-state index contributed by atoms with van der Waals surface area (Å²) in [4.78, 5) is 0. The van der Waals surface area contributed by atoms with Gasteiger partial charge in [-0.25, -0.2) is 8.42 Å². The highest BCUT2D eigenvalue weighted by molar-refractivity contribution is 8.14. The van der Waals surface area contributed by atoms with E-state index in [0.29, 0.717) is 13.0 Å².